The Morgan fingerprint density at radius 3 is 2.60 bits per heavy atom. The third-order valence-corrected chi connectivity index (χ3v) is 2.71. The van der Waals surface area contributed by atoms with E-state index in [4.69, 9.17) is 11.6 Å². The standard InChI is InChI=1S/C11H12ClN3O5/c1-11(2,10(17)20-3)14-9(16)6-4-5-13-8(12)7(6)15(18)19/h4-5H,1-3H3,(H,14,16). The number of methoxy groups -OCH3 is 1. The number of esters is 1. The number of nitrogens with zero attached hydrogens (tertiary/aromatic N) is 2. The fraction of sp³-hybridized carbons (Fsp3) is 0.364. The number of amides is 1. The number of hydrogen-bond donors (Lipinski definition) is 1. The van der Waals surface area contributed by atoms with Crippen molar-refractivity contribution in [1.82, 2.24) is 10.3 Å². The van der Waals surface area contributed by atoms with Gasteiger partial charge in [-0.1, -0.05) is 11.6 Å². The molecule has 1 amide bonds. The molecule has 0 spiro atoms. The molecule has 0 saturated carbocycles. The average molecular weight is 302 g/mol. The Labute approximate surface area is 119 Å². The lowest BCUT2D eigenvalue weighted by Gasteiger charge is -2.22. The average Bonchev–Trinajstić information content (AvgIpc) is 2.36. The van der Waals surface area contributed by atoms with Crippen molar-refractivity contribution in [3.05, 3.63) is 33.1 Å². The van der Waals surface area contributed by atoms with Crippen molar-refractivity contribution in [2.45, 2.75) is 19.4 Å². The van der Waals surface area contributed by atoms with E-state index in [2.05, 4.69) is 15.0 Å². The van der Waals surface area contributed by atoms with Gasteiger partial charge in [0.25, 0.3) is 5.91 Å². The zero-order chi connectivity index (χ0) is 15.5. The van der Waals surface area contributed by atoms with Crippen LogP contribution in [0.4, 0.5) is 5.69 Å². The quantitative estimate of drug-likeness (QED) is 0.388. The molecule has 0 fully saturated rings. The van der Waals surface area contributed by atoms with Crippen LogP contribution in [-0.4, -0.2) is 34.4 Å². The number of halogens is 1. The first kappa shape index (κ1) is 15.8. The van der Waals surface area contributed by atoms with Gasteiger partial charge in [-0.25, -0.2) is 9.78 Å². The Bertz CT molecular complexity index is 573. The second-order valence-corrected chi connectivity index (χ2v) is 4.68. The largest absolute Gasteiger partial charge is 0.467 e. The molecule has 20 heavy (non-hydrogen) atoms. The number of carbonyl (C=O) groups is 2. The van der Waals surface area contributed by atoms with E-state index >= 15 is 0 Å². The van der Waals surface area contributed by atoms with E-state index < -0.39 is 33.2 Å². The first-order valence-corrected chi connectivity index (χ1v) is 5.78. The monoisotopic (exact) mass is 301 g/mol. The summed E-state index contributed by atoms with van der Waals surface area (Å²) >= 11 is 5.61. The summed E-state index contributed by atoms with van der Waals surface area (Å²) in [7, 11) is 1.17. The molecule has 1 aromatic rings. The summed E-state index contributed by atoms with van der Waals surface area (Å²) in [5, 5.41) is 12.8. The lowest BCUT2D eigenvalue weighted by molar-refractivity contribution is -0.385. The minimum absolute atomic E-state index is 0.285. The molecule has 1 N–H and O–H groups in total. The SMILES string of the molecule is COC(=O)C(C)(C)NC(=O)c1ccnc(Cl)c1[N+](=O)[O-]. The predicted molar refractivity (Wildman–Crippen MR) is 69.5 cm³/mol. The van der Waals surface area contributed by atoms with E-state index in [0.29, 0.717) is 0 Å². The molecule has 8 nitrogen and oxygen atoms in total. The molecule has 1 aromatic heterocycles. The summed E-state index contributed by atoms with van der Waals surface area (Å²) in [6.45, 7) is 2.82. The first-order valence-electron chi connectivity index (χ1n) is 5.40. The normalized spacial score (nSPS) is 10.8. The van der Waals surface area contributed by atoms with Gasteiger partial charge in [0.1, 0.15) is 11.1 Å². The summed E-state index contributed by atoms with van der Waals surface area (Å²) in [4.78, 5) is 37.2. The number of pyridine rings is 1. The lowest BCUT2D eigenvalue weighted by Crippen LogP contribution is -2.50. The molecule has 0 saturated heterocycles. The smallest absolute Gasteiger partial charge is 0.330 e. The van der Waals surface area contributed by atoms with Crippen molar-refractivity contribution in [3.8, 4) is 0 Å². The number of nitro groups is 1. The van der Waals surface area contributed by atoms with Gasteiger partial charge in [-0.05, 0) is 19.9 Å². The molecule has 1 rings (SSSR count). The number of ether oxygens (including phenoxy) is 1. The van der Waals surface area contributed by atoms with Gasteiger partial charge in [-0.2, -0.15) is 0 Å². The third kappa shape index (κ3) is 3.21. The summed E-state index contributed by atoms with van der Waals surface area (Å²) in [6.07, 6.45) is 1.16. The number of nitrogens with one attached hydrogen (secondary N) is 1. The number of aromatic nitrogens is 1. The van der Waals surface area contributed by atoms with E-state index in [1.165, 1.54) is 21.0 Å². The summed E-state index contributed by atoms with van der Waals surface area (Å²) in [6, 6.07) is 1.15. The van der Waals surface area contributed by atoms with Crippen LogP contribution < -0.4 is 5.32 Å². The second kappa shape index (κ2) is 5.83. The molecule has 0 aromatic carbocycles. The van der Waals surface area contributed by atoms with E-state index in [0.717, 1.165) is 12.3 Å². The van der Waals surface area contributed by atoms with E-state index in [1.807, 2.05) is 0 Å². The maximum atomic E-state index is 12.0. The first-order chi connectivity index (χ1) is 9.20. The Morgan fingerprint density at radius 1 is 1.50 bits per heavy atom. The van der Waals surface area contributed by atoms with Crippen LogP contribution in [0.15, 0.2) is 12.3 Å². The molecule has 9 heteroatoms. The second-order valence-electron chi connectivity index (χ2n) is 4.33. The Hall–Kier alpha value is -2.22. The van der Waals surface area contributed by atoms with Crippen LogP contribution in [0.2, 0.25) is 5.15 Å². The van der Waals surface area contributed by atoms with Gasteiger partial charge in [0.15, 0.2) is 0 Å². The molecule has 0 aliphatic carbocycles. The van der Waals surface area contributed by atoms with Gasteiger partial charge in [0, 0.05) is 6.20 Å². The molecular weight excluding hydrogens is 290 g/mol. The molecule has 0 radical (unpaired) electrons. The van der Waals surface area contributed by atoms with Gasteiger partial charge >= 0.3 is 11.7 Å². The molecule has 0 bridgehead atoms. The number of carbonyl (C=O) groups excluding carboxylic acids is 2. The fourth-order valence-corrected chi connectivity index (χ4v) is 1.67. The number of hydrogen-bond acceptors (Lipinski definition) is 6. The van der Waals surface area contributed by atoms with Crippen LogP contribution in [0.3, 0.4) is 0 Å². The van der Waals surface area contributed by atoms with E-state index in [9.17, 15) is 19.7 Å². The molecule has 108 valence electrons. The van der Waals surface area contributed by atoms with Crippen molar-refractivity contribution in [2.75, 3.05) is 7.11 Å². The minimum atomic E-state index is -1.34. The van der Waals surface area contributed by atoms with Gasteiger partial charge in [-0.15, -0.1) is 0 Å². The predicted octanol–water partition coefficient (Wildman–Crippen LogP) is 1.32. The molecule has 0 unspecified atom stereocenters. The number of rotatable bonds is 4. The summed E-state index contributed by atoms with van der Waals surface area (Å²) in [5.74, 6) is -1.51. The van der Waals surface area contributed by atoms with Gasteiger partial charge in [0.2, 0.25) is 5.15 Å². The molecule has 0 aliphatic rings. The fourth-order valence-electron chi connectivity index (χ4n) is 1.44. The Balaban J connectivity index is 3.14. The van der Waals surface area contributed by atoms with Crippen LogP contribution in [0.25, 0.3) is 0 Å². The maximum absolute atomic E-state index is 12.0. The highest BCUT2D eigenvalue weighted by Gasteiger charge is 2.33. The van der Waals surface area contributed by atoms with E-state index in [-0.39, 0.29) is 5.56 Å². The summed E-state index contributed by atoms with van der Waals surface area (Å²) in [5.41, 5.74) is -2.24. The van der Waals surface area contributed by atoms with Crippen molar-refractivity contribution in [3.63, 3.8) is 0 Å². The van der Waals surface area contributed by atoms with Crippen LogP contribution >= 0.6 is 11.6 Å². The highest BCUT2D eigenvalue weighted by atomic mass is 35.5. The highest BCUT2D eigenvalue weighted by Crippen LogP contribution is 2.26. The van der Waals surface area contributed by atoms with Crippen molar-refractivity contribution in [2.24, 2.45) is 0 Å². The summed E-state index contributed by atoms with van der Waals surface area (Å²) < 4.78 is 4.53. The zero-order valence-electron chi connectivity index (χ0n) is 11.0. The maximum Gasteiger partial charge on any atom is 0.330 e. The Kier molecular flexibility index (Phi) is 4.61. The van der Waals surface area contributed by atoms with Crippen LogP contribution in [0, 0.1) is 10.1 Å². The molecule has 1 heterocycles. The van der Waals surface area contributed by atoms with Crippen LogP contribution in [0.5, 0.6) is 0 Å². The third-order valence-electron chi connectivity index (χ3n) is 2.43. The molecular formula is C11H12ClN3O5. The van der Waals surface area contributed by atoms with Crippen molar-refractivity contribution in [1.29, 1.82) is 0 Å². The Morgan fingerprint density at radius 2 is 2.10 bits per heavy atom. The van der Waals surface area contributed by atoms with Gasteiger partial charge < -0.3 is 10.1 Å². The van der Waals surface area contributed by atoms with Gasteiger partial charge in [0.05, 0.1) is 12.0 Å². The molecule has 0 aliphatic heterocycles. The molecule has 0 atom stereocenters. The lowest BCUT2D eigenvalue weighted by atomic mass is 10.0. The highest BCUT2D eigenvalue weighted by molar-refractivity contribution is 6.32. The minimum Gasteiger partial charge on any atom is -0.467 e. The topological polar surface area (TPSA) is 111 Å². The van der Waals surface area contributed by atoms with Crippen molar-refractivity contribution >= 4 is 29.2 Å². The zero-order valence-corrected chi connectivity index (χ0v) is 11.7. The van der Waals surface area contributed by atoms with Gasteiger partial charge in [-0.3, -0.25) is 14.9 Å². The van der Waals surface area contributed by atoms with Crippen LogP contribution in [0.1, 0.15) is 24.2 Å². The van der Waals surface area contributed by atoms with Crippen molar-refractivity contribution < 1.29 is 19.2 Å². The van der Waals surface area contributed by atoms with Crippen LogP contribution in [-0.2, 0) is 9.53 Å². The van der Waals surface area contributed by atoms with E-state index in [1.54, 1.807) is 0 Å².